The molecule has 0 heterocycles. The molecular weight excluding hydrogens is 222 g/mol. The summed E-state index contributed by atoms with van der Waals surface area (Å²) in [7, 11) is 1.18. The third kappa shape index (κ3) is 3.57. The van der Waals surface area contributed by atoms with Gasteiger partial charge in [-0.05, 0) is 5.56 Å². The van der Waals surface area contributed by atoms with Crippen molar-refractivity contribution in [3.05, 3.63) is 35.9 Å². The SMILES string of the molecule is COC(=O)C(O)[C@H](NC(C)=O)c1ccccc1. The fraction of sp³-hybridized carbons (Fsp3) is 0.333. The Morgan fingerprint density at radius 1 is 1.29 bits per heavy atom. The molecule has 5 nitrogen and oxygen atoms in total. The molecule has 0 radical (unpaired) electrons. The van der Waals surface area contributed by atoms with E-state index in [0.717, 1.165) is 0 Å². The summed E-state index contributed by atoms with van der Waals surface area (Å²) in [6.07, 6.45) is -1.42. The normalized spacial score (nSPS) is 13.6. The summed E-state index contributed by atoms with van der Waals surface area (Å²) in [6.45, 7) is 1.32. The number of carbonyl (C=O) groups excluding carboxylic acids is 2. The lowest BCUT2D eigenvalue weighted by atomic mass is 10.0. The van der Waals surface area contributed by atoms with E-state index >= 15 is 0 Å². The predicted molar refractivity (Wildman–Crippen MR) is 61.0 cm³/mol. The molecule has 1 rings (SSSR count). The second kappa shape index (κ2) is 6.00. The molecule has 0 aliphatic carbocycles. The highest BCUT2D eigenvalue weighted by molar-refractivity contribution is 5.78. The molecule has 1 amide bonds. The predicted octanol–water partition coefficient (Wildman–Crippen LogP) is 0.398. The molecule has 2 N–H and O–H groups in total. The van der Waals surface area contributed by atoms with Gasteiger partial charge in [0.15, 0.2) is 6.10 Å². The van der Waals surface area contributed by atoms with Crippen LogP contribution in [-0.2, 0) is 14.3 Å². The third-order valence-electron chi connectivity index (χ3n) is 2.28. The summed E-state index contributed by atoms with van der Waals surface area (Å²) in [5.74, 6) is -1.12. The monoisotopic (exact) mass is 237 g/mol. The van der Waals surface area contributed by atoms with Gasteiger partial charge in [0.2, 0.25) is 5.91 Å². The highest BCUT2D eigenvalue weighted by Crippen LogP contribution is 2.17. The molecule has 0 aliphatic rings. The fourth-order valence-electron chi connectivity index (χ4n) is 1.48. The number of nitrogens with one attached hydrogen (secondary N) is 1. The maximum Gasteiger partial charge on any atom is 0.337 e. The summed E-state index contributed by atoms with van der Waals surface area (Å²) in [4.78, 5) is 22.4. The lowest BCUT2D eigenvalue weighted by Crippen LogP contribution is -2.40. The Morgan fingerprint density at radius 2 is 1.88 bits per heavy atom. The first-order valence-electron chi connectivity index (χ1n) is 5.14. The van der Waals surface area contributed by atoms with Crippen LogP contribution in [0.1, 0.15) is 18.5 Å². The Bertz CT molecular complexity index is 391. The number of esters is 1. The van der Waals surface area contributed by atoms with Crippen LogP contribution >= 0.6 is 0 Å². The Labute approximate surface area is 99.4 Å². The minimum Gasteiger partial charge on any atom is -0.467 e. The fourth-order valence-corrected chi connectivity index (χ4v) is 1.48. The molecule has 1 unspecified atom stereocenters. The van der Waals surface area contributed by atoms with Crippen LogP contribution in [-0.4, -0.2) is 30.2 Å². The van der Waals surface area contributed by atoms with Crippen LogP contribution in [0.4, 0.5) is 0 Å². The highest BCUT2D eigenvalue weighted by atomic mass is 16.5. The van der Waals surface area contributed by atoms with Crippen molar-refractivity contribution in [3.8, 4) is 0 Å². The van der Waals surface area contributed by atoms with Gasteiger partial charge in [0.1, 0.15) is 0 Å². The Kier molecular flexibility index (Phi) is 4.66. The third-order valence-corrected chi connectivity index (χ3v) is 2.28. The van der Waals surface area contributed by atoms with E-state index in [0.29, 0.717) is 5.56 Å². The number of ether oxygens (including phenoxy) is 1. The van der Waals surface area contributed by atoms with E-state index in [9.17, 15) is 14.7 Å². The molecule has 5 heteroatoms. The minimum atomic E-state index is -1.42. The zero-order chi connectivity index (χ0) is 12.8. The lowest BCUT2D eigenvalue weighted by molar-refractivity contribution is -0.152. The van der Waals surface area contributed by atoms with E-state index in [1.165, 1.54) is 14.0 Å². The quantitative estimate of drug-likeness (QED) is 0.743. The summed E-state index contributed by atoms with van der Waals surface area (Å²) in [6, 6.07) is 7.95. The van der Waals surface area contributed by atoms with Crippen molar-refractivity contribution >= 4 is 11.9 Å². The highest BCUT2D eigenvalue weighted by Gasteiger charge is 2.28. The van der Waals surface area contributed by atoms with Gasteiger partial charge in [-0.2, -0.15) is 0 Å². The second-order valence-electron chi connectivity index (χ2n) is 3.56. The van der Waals surface area contributed by atoms with E-state index in [2.05, 4.69) is 10.1 Å². The average Bonchev–Trinajstić information content (AvgIpc) is 2.35. The average molecular weight is 237 g/mol. The molecule has 0 saturated heterocycles. The van der Waals surface area contributed by atoms with Crippen molar-refractivity contribution < 1.29 is 19.4 Å². The first-order valence-corrected chi connectivity index (χ1v) is 5.14. The maximum absolute atomic E-state index is 11.3. The van der Waals surface area contributed by atoms with Crippen LogP contribution in [0.15, 0.2) is 30.3 Å². The van der Waals surface area contributed by atoms with E-state index in [-0.39, 0.29) is 5.91 Å². The zero-order valence-corrected chi connectivity index (χ0v) is 9.71. The Morgan fingerprint density at radius 3 is 2.35 bits per heavy atom. The first kappa shape index (κ1) is 13.2. The number of aliphatic hydroxyl groups excluding tert-OH is 1. The number of benzene rings is 1. The van der Waals surface area contributed by atoms with Crippen LogP contribution in [0, 0.1) is 0 Å². The summed E-state index contributed by atoms with van der Waals surface area (Å²) in [5.41, 5.74) is 0.639. The lowest BCUT2D eigenvalue weighted by Gasteiger charge is -2.22. The maximum atomic E-state index is 11.3. The van der Waals surface area contributed by atoms with Crippen LogP contribution in [0.5, 0.6) is 0 Å². The largest absolute Gasteiger partial charge is 0.467 e. The van der Waals surface area contributed by atoms with E-state index in [4.69, 9.17) is 0 Å². The number of carbonyl (C=O) groups is 2. The topological polar surface area (TPSA) is 75.6 Å². The van der Waals surface area contributed by atoms with Gasteiger partial charge in [-0.1, -0.05) is 30.3 Å². The number of hydrogen-bond donors (Lipinski definition) is 2. The van der Waals surface area contributed by atoms with Gasteiger partial charge in [-0.25, -0.2) is 4.79 Å². The Hall–Kier alpha value is -1.88. The molecular formula is C12H15NO4. The molecule has 0 aromatic heterocycles. The standard InChI is InChI=1S/C12H15NO4/c1-8(14)13-10(11(15)12(16)17-2)9-6-4-3-5-7-9/h3-7,10-11,15H,1-2H3,(H,13,14)/t10-,11?/m1/s1. The molecule has 0 saturated carbocycles. The Balaban J connectivity index is 2.95. The summed E-state index contributed by atoms with van der Waals surface area (Å²) >= 11 is 0. The van der Waals surface area contributed by atoms with Gasteiger partial charge in [-0.15, -0.1) is 0 Å². The van der Waals surface area contributed by atoms with Gasteiger partial charge in [-0.3, -0.25) is 4.79 Å². The number of methoxy groups -OCH3 is 1. The van der Waals surface area contributed by atoms with Crippen molar-refractivity contribution in [2.75, 3.05) is 7.11 Å². The van der Waals surface area contributed by atoms with Gasteiger partial charge >= 0.3 is 5.97 Å². The summed E-state index contributed by atoms with van der Waals surface area (Å²) < 4.78 is 4.46. The minimum absolute atomic E-state index is 0.332. The van der Waals surface area contributed by atoms with Crippen LogP contribution in [0.3, 0.4) is 0 Å². The molecule has 0 aliphatic heterocycles. The number of rotatable bonds is 4. The molecule has 0 bridgehead atoms. The molecule has 2 atom stereocenters. The van der Waals surface area contributed by atoms with Gasteiger partial charge in [0.25, 0.3) is 0 Å². The number of aliphatic hydroxyl groups is 1. The van der Waals surface area contributed by atoms with Crippen molar-refractivity contribution in [2.45, 2.75) is 19.1 Å². The van der Waals surface area contributed by atoms with Crippen LogP contribution in [0.2, 0.25) is 0 Å². The van der Waals surface area contributed by atoms with Crippen molar-refractivity contribution in [3.63, 3.8) is 0 Å². The van der Waals surface area contributed by atoms with Crippen molar-refractivity contribution in [2.24, 2.45) is 0 Å². The van der Waals surface area contributed by atoms with E-state index < -0.39 is 18.1 Å². The number of amides is 1. The van der Waals surface area contributed by atoms with Crippen molar-refractivity contribution in [1.82, 2.24) is 5.32 Å². The van der Waals surface area contributed by atoms with E-state index in [1.54, 1.807) is 30.3 Å². The van der Waals surface area contributed by atoms with Crippen LogP contribution < -0.4 is 5.32 Å². The molecule has 17 heavy (non-hydrogen) atoms. The van der Waals surface area contributed by atoms with Gasteiger partial charge in [0.05, 0.1) is 13.2 Å². The van der Waals surface area contributed by atoms with Gasteiger partial charge < -0.3 is 15.2 Å². The summed E-state index contributed by atoms with van der Waals surface area (Å²) in [5, 5.41) is 12.3. The zero-order valence-electron chi connectivity index (χ0n) is 9.71. The number of hydrogen-bond acceptors (Lipinski definition) is 4. The molecule has 92 valence electrons. The smallest absolute Gasteiger partial charge is 0.337 e. The van der Waals surface area contributed by atoms with E-state index in [1.807, 2.05) is 0 Å². The molecule has 0 spiro atoms. The van der Waals surface area contributed by atoms with Crippen molar-refractivity contribution in [1.29, 1.82) is 0 Å². The second-order valence-corrected chi connectivity index (χ2v) is 3.56. The molecule has 1 aromatic rings. The van der Waals surface area contributed by atoms with Gasteiger partial charge in [0, 0.05) is 6.92 Å². The van der Waals surface area contributed by atoms with Crippen LogP contribution in [0.25, 0.3) is 0 Å². The molecule has 1 aromatic carbocycles. The molecule has 0 fully saturated rings. The first-order chi connectivity index (χ1) is 8.06.